The number of carbonyl (C=O) groups is 1. The minimum atomic E-state index is -0.129. The van der Waals surface area contributed by atoms with Crippen molar-refractivity contribution in [2.24, 2.45) is 5.41 Å². The van der Waals surface area contributed by atoms with Crippen LogP contribution in [0.2, 0.25) is 0 Å². The third-order valence-electron chi connectivity index (χ3n) is 2.89. The molecule has 0 bridgehead atoms. The Kier molecular flexibility index (Phi) is 2.06. The number of amides is 1. The molecule has 2 rings (SSSR count). The molecule has 76 valence electrons. The SMILES string of the molecule is CCc1cn[nH]c1NC(=O)C1(C)CC1. The molecule has 0 saturated heterocycles. The minimum absolute atomic E-state index is 0.108. The van der Waals surface area contributed by atoms with E-state index in [1.165, 1.54) is 0 Å². The van der Waals surface area contributed by atoms with Gasteiger partial charge in [0.15, 0.2) is 0 Å². The van der Waals surface area contributed by atoms with Crippen molar-refractivity contribution in [2.45, 2.75) is 33.1 Å². The summed E-state index contributed by atoms with van der Waals surface area (Å²) in [6, 6.07) is 0. The lowest BCUT2D eigenvalue weighted by Crippen LogP contribution is -2.22. The van der Waals surface area contributed by atoms with E-state index in [4.69, 9.17) is 0 Å². The predicted octanol–water partition coefficient (Wildman–Crippen LogP) is 1.71. The van der Waals surface area contributed by atoms with Gasteiger partial charge in [0.1, 0.15) is 5.82 Å². The molecule has 0 atom stereocenters. The Balaban J connectivity index is 2.07. The molecule has 1 aromatic heterocycles. The van der Waals surface area contributed by atoms with Gasteiger partial charge in [-0.3, -0.25) is 9.89 Å². The van der Waals surface area contributed by atoms with Gasteiger partial charge in [-0.05, 0) is 19.3 Å². The maximum atomic E-state index is 11.7. The average Bonchev–Trinajstić information content (AvgIpc) is 2.78. The quantitative estimate of drug-likeness (QED) is 0.767. The van der Waals surface area contributed by atoms with Crippen molar-refractivity contribution in [2.75, 3.05) is 5.32 Å². The van der Waals surface area contributed by atoms with Crippen molar-refractivity contribution < 1.29 is 4.79 Å². The summed E-state index contributed by atoms with van der Waals surface area (Å²) >= 11 is 0. The predicted molar refractivity (Wildman–Crippen MR) is 53.9 cm³/mol. The molecule has 1 heterocycles. The first kappa shape index (κ1) is 9.24. The summed E-state index contributed by atoms with van der Waals surface area (Å²) < 4.78 is 0. The Hall–Kier alpha value is -1.32. The summed E-state index contributed by atoms with van der Waals surface area (Å²) in [5.74, 6) is 0.863. The number of anilines is 1. The van der Waals surface area contributed by atoms with E-state index in [0.29, 0.717) is 0 Å². The van der Waals surface area contributed by atoms with E-state index >= 15 is 0 Å². The van der Waals surface area contributed by atoms with E-state index in [1.54, 1.807) is 6.20 Å². The van der Waals surface area contributed by atoms with Crippen molar-refractivity contribution >= 4 is 11.7 Å². The van der Waals surface area contributed by atoms with E-state index in [0.717, 1.165) is 30.6 Å². The van der Waals surface area contributed by atoms with Gasteiger partial charge in [-0.1, -0.05) is 13.8 Å². The number of nitrogens with zero attached hydrogens (tertiary/aromatic N) is 1. The second-order valence-electron chi connectivity index (χ2n) is 4.14. The molecule has 1 amide bonds. The molecule has 1 fully saturated rings. The Morgan fingerprint density at radius 1 is 1.71 bits per heavy atom. The standard InChI is InChI=1S/C10H15N3O/c1-3-7-6-11-13-8(7)12-9(14)10(2)4-5-10/h6H,3-5H2,1-2H3,(H2,11,12,13,14). The Morgan fingerprint density at radius 3 is 3.00 bits per heavy atom. The lowest BCUT2D eigenvalue weighted by Gasteiger charge is -2.08. The zero-order chi connectivity index (χ0) is 10.2. The van der Waals surface area contributed by atoms with Crippen LogP contribution in [-0.4, -0.2) is 16.1 Å². The third kappa shape index (κ3) is 1.52. The van der Waals surface area contributed by atoms with Gasteiger partial charge in [0.25, 0.3) is 0 Å². The first-order valence-corrected chi connectivity index (χ1v) is 4.99. The minimum Gasteiger partial charge on any atom is -0.310 e. The lowest BCUT2D eigenvalue weighted by atomic mass is 10.1. The van der Waals surface area contributed by atoms with Crippen LogP contribution in [0, 0.1) is 5.41 Å². The maximum absolute atomic E-state index is 11.7. The summed E-state index contributed by atoms with van der Waals surface area (Å²) in [7, 11) is 0. The highest BCUT2D eigenvalue weighted by Crippen LogP contribution is 2.45. The molecule has 0 aliphatic heterocycles. The van der Waals surface area contributed by atoms with Gasteiger partial charge in [0.2, 0.25) is 5.91 Å². The topological polar surface area (TPSA) is 57.8 Å². The summed E-state index contributed by atoms with van der Waals surface area (Å²) in [4.78, 5) is 11.7. The molecule has 0 radical (unpaired) electrons. The number of carbonyl (C=O) groups excluding carboxylic acids is 1. The number of hydrogen-bond donors (Lipinski definition) is 2. The maximum Gasteiger partial charge on any atom is 0.231 e. The van der Waals surface area contributed by atoms with Gasteiger partial charge in [0.05, 0.1) is 6.20 Å². The fraction of sp³-hybridized carbons (Fsp3) is 0.600. The Bertz CT molecular complexity index is 352. The second-order valence-corrected chi connectivity index (χ2v) is 4.14. The normalized spacial score (nSPS) is 17.9. The molecule has 4 heteroatoms. The van der Waals surface area contributed by atoms with E-state index < -0.39 is 0 Å². The number of aromatic amines is 1. The summed E-state index contributed by atoms with van der Waals surface area (Å²) in [5.41, 5.74) is 0.929. The van der Waals surface area contributed by atoms with Crippen molar-refractivity contribution in [3.8, 4) is 0 Å². The molecule has 1 aliphatic carbocycles. The highest BCUT2D eigenvalue weighted by Gasteiger charge is 2.45. The zero-order valence-electron chi connectivity index (χ0n) is 8.55. The average molecular weight is 193 g/mol. The fourth-order valence-electron chi connectivity index (χ4n) is 1.37. The lowest BCUT2D eigenvalue weighted by molar-refractivity contribution is -0.120. The van der Waals surface area contributed by atoms with Crippen molar-refractivity contribution in [1.29, 1.82) is 0 Å². The largest absolute Gasteiger partial charge is 0.310 e. The van der Waals surface area contributed by atoms with E-state index in [2.05, 4.69) is 15.5 Å². The first-order chi connectivity index (χ1) is 6.65. The van der Waals surface area contributed by atoms with Crippen LogP contribution < -0.4 is 5.32 Å². The number of H-pyrrole nitrogens is 1. The first-order valence-electron chi connectivity index (χ1n) is 4.99. The number of nitrogens with one attached hydrogen (secondary N) is 2. The van der Waals surface area contributed by atoms with Gasteiger partial charge in [-0.2, -0.15) is 5.10 Å². The molecule has 2 N–H and O–H groups in total. The van der Waals surface area contributed by atoms with Gasteiger partial charge in [0, 0.05) is 11.0 Å². The van der Waals surface area contributed by atoms with Crippen LogP contribution in [-0.2, 0) is 11.2 Å². The number of hydrogen-bond acceptors (Lipinski definition) is 2. The Labute approximate surface area is 83.1 Å². The van der Waals surface area contributed by atoms with Crippen molar-refractivity contribution in [3.05, 3.63) is 11.8 Å². The number of rotatable bonds is 3. The van der Waals surface area contributed by atoms with Crippen LogP contribution in [0.25, 0.3) is 0 Å². The molecule has 1 aliphatic rings. The smallest absolute Gasteiger partial charge is 0.231 e. The van der Waals surface area contributed by atoms with Crippen molar-refractivity contribution in [3.63, 3.8) is 0 Å². The van der Waals surface area contributed by atoms with E-state index in [9.17, 15) is 4.79 Å². The monoisotopic (exact) mass is 193 g/mol. The van der Waals surface area contributed by atoms with Crippen LogP contribution in [0.3, 0.4) is 0 Å². The number of aryl methyl sites for hydroxylation is 1. The third-order valence-corrected chi connectivity index (χ3v) is 2.89. The van der Waals surface area contributed by atoms with Gasteiger partial charge in [-0.15, -0.1) is 0 Å². The zero-order valence-corrected chi connectivity index (χ0v) is 8.55. The van der Waals surface area contributed by atoms with Crippen LogP contribution in [0.15, 0.2) is 6.20 Å². The highest BCUT2D eigenvalue weighted by atomic mass is 16.2. The molecule has 4 nitrogen and oxygen atoms in total. The summed E-state index contributed by atoms with van der Waals surface area (Å²) in [6.07, 6.45) is 4.62. The van der Waals surface area contributed by atoms with Gasteiger partial charge in [-0.25, -0.2) is 0 Å². The fourth-order valence-corrected chi connectivity index (χ4v) is 1.37. The molecule has 1 saturated carbocycles. The Morgan fingerprint density at radius 2 is 2.43 bits per heavy atom. The molecule has 1 aromatic rings. The van der Waals surface area contributed by atoms with Crippen LogP contribution >= 0.6 is 0 Å². The highest BCUT2D eigenvalue weighted by molar-refractivity contribution is 5.96. The van der Waals surface area contributed by atoms with Gasteiger partial charge >= 0.3 is 0 Å². The van der Waals surface area contributed by atoms with Crippen LogP contribution in [0.5, 0.6) is 0 Å². The van der Waals surface area contributed by atoms with Crippen LogP contribution in [0.4, 0.5) is 5.82 Å². The number of aromatic nitrogens is 2. The molecular weight excluding hydrogens is 178 g/mol. The van der Waals surface area contributed by atoms with E-state index in [-0.39, 0.29) is 11.3 Å². The molecule has 0 unspecified atom stereocenters. The molecular formula is C10H15N3O. The molecule has 0 spiro atoms. The summed E-state index contributed by atoms with van der Waals surface area (Å²) in [6.45, 7) is 4.03. The molecule has 0 aromatic carbocycles. The van der Waals surface area contributed by atoms with Gasteiger partial charge < -0.3 is 5.32 Å². The summed E-state index contributed by atoms with van der Waals surface area (Å²) in [5, 5.41) is 9.60. The second kappa shape index (κ2) is 3.12. The van der Waals surface area contributed by atoms with Crippen molar-refractivity contribution in [1.82, 2.24) is 10.2 Å². The van der Waals surface area contributed by atoms with E-state index in [1.807, 2.05) is 13.8 Å². The van der Waals surface area contributed by atoms with Crippen LogP contribution in [0.1, 0.15) is 32.3 Å². The molecule has 14 heavy (non-hydrogen) atoms.